The smallest absolute Gasteiger partial charge is 0.282 e. The minimum atomic E-state index is -2.65. The van der Waals surface area contributed by atoms with Gasteiger partial charge in [-0.15, -0.1) is 0 Å². The maximum atomic E-state index is 12.7. The van der Waals surface area contributed by atoms with Gasteiger partial charge in [0.1, 0.15) is 12.2 Å². The van der Waals surface area contributed by atoms with Gasteiger partial charge in [-0.3, -0.25) is 14.3 Å². The fraction of sp³-hybridized carbons (Fsp3) is 0.667. The molecule has 0 N–H and O–H groups in total. The Morgan fingerprint density at radius 1 is 1.39 bits per heavy atom. The number of aromatic nitrogens is 2. The van der Waals surface area contributed by atoms with Gasteiger partial charge in [-0.05, 0) is 25.8 Å². The zero-order chi connectivity index (χ0) is 16.7. The molecule has 0 unspecified atom stereocenters. The van der Waals surface area contributed by atoms with E-state index in [1.165, 1.54) is 10.7 Å². The first-order valence-corrected chi connectivity index (χ1v) is 7.73. The molecule has 3 fully saturated rings. The molecule has 0 aromatic carbocycles. The number of hydrogen-bond acceptors (Lipinski definition) is 3. The maximum absolute atomic E-state index is 12.7. The van der Waals surface area contributed by atoms with Crippen molar-refractivity contribution in [1.29, 1.82) is 0 Å². The van der Waals surface area contributed by atoms with Gasteiger partial charge >= 0.3 is 0 Å². The highest BCUT2D eigenvalue weighted by molar-refractivity contribution is 5.83. The Balaban J connectivity index is 1.73. The van der Waals surface area contributed by atoms with E-state index in [1.807, 2.05) is 0 Å². The van der Waals surface area contributed by atoms with Crippen molar-refractivity contribution in [3.05, 3.63) is 17.5 Å². The van der Waals surface area contributed by atoms with E-state index in [9.17, 15) is 18.4 Å². The summed E-state index contributed by atoms with van der Waals surface area (Å²) in [6, 6.07) is 1.34. The van der Waals surface area contributed by atoms with Crippen molar-refractivity contribution in [2.24, 2.45) is 5.92 Å². The van der Waals surface area contributed by atoms with Crippen LogP contribution < -0.4 is 0 Å². The minimum Gasteiger partial charge on any atom is -0.341 e. The normalized spacial score (nSPS) is 24.5. The van der Waals surface area contributed by atoms with E-state index in [-0.39, 0.29) is 36.0 Å². The lowest BCUT2D eigenvalue weighted by Crippen LogP contribution is -2.45. The Bertz CT molecular complexity index is 631. The maximum Gasteiger partial charge on any atom is 0.282 e. The third kappa shape index (κ3) is 2.94. The third-order valence-electron chi connectivity index (χ3n) is 4.83. The number of aryl methyl sites for hydroxylation is 1. The van der Waals surface area contributed by atoms with Crippen molar-refractivity contribution in [3.8, 4) is 0 Å². The molecule has 8 heteroatoms. The molecule has 3 aliphatic rings. The Hall–Kier alpha value is -1.99. The van der Waals surface area contributed by atoms with Crippen LogP contribution in [0.25, 0.3) is 0 Å². The van der Waals surface area contributed by atoms with E-state index in [1.54, 1.807) is 23.8 Å². The zero-order valence-electron chi connectivity index (χ0n) is 13.2. The molecule has 0 saturated carbocycles. The fourth-order valence-electron chi connectivity index (χ4n) is 3.39. The average Bonchev–Trinajstić information content (AvgIpc) is 2.70. The summed E-state index contributed by atoms with van der Waals surface area (Å²) in [4.78, 5) is 28.1. The fourth-order valence-corrected chi connectivity index (χ4v) is 3.39. The molecule has 3 aliphatic heterocycles. The van der Waals surface area contributed by atoms with Gasteiger partial charge in [0.25, 0.3) is 6.43 Å². The third-order valence-corrected chi connectivity index (χ3v) is 4.83. The van der Waals surface area contributed by atoms with Crippen molar-refractivity contribution in [2.75, 3.05) is 20.1 Å². The second kappa shape index (κ2) is 5.90. The lowest BCUT2D eigenvalue weighted by atomic mass is 9.95. The lowest BCUT2D eigenvalue weighted by Gasteiger charge is -2.32. The molecule has 2 amide bonds. The molecule has 4 rings (SSSR count). The van der Waals surface area contributed by atoms with Gasteiger partial charge in [0.15, 0.2) is 0 Å². The van der Waals surface area contributed by atoms with Crippen LogP contribution in [-0.2, 0) is 16.1 Å². The molecule has 0 spiro atoms. The molecular formula is C15H20F2N4O2. The second-order valence-corrected chi connectivity index (χ2v) is 6.34. The molecule has 4 heterocycles. The number of alkyl halides is 2. The van der Waals surface area contributed by atoms with Crippen LogP contribution in [0, 0.1) is 12.8 Å². The molecule has 1 aromatic heterocycles. The number of carbonyl (C=O) groups excluding carboxylic acids is 2. The van der Waals surface area contributed by atoms with E-state index in [0.29, 0.717) is 18.8 Å². The number of nitrogens with zero attached hydrogens (tertiary/aromatic N) is 4. The van der Waals surface area contributed by atoms with Crippen LogP contribution in [-0.4, -0.2) is 57.6 Å². The Morgan fingerprint density at radius 3 is 2.78 bits per heavy atom. The van der Waals surface area contributed by atoms with Crippen LogP contribution in [0.5, 0.6) is 0 Å². The Morgan fingerprint density at radius 2 is 2.13 bits per heavy atom. The van der Waals surface area contributed by atoms with Gasteiger partial charge in [-0.25, -0.2) is 8.78 Å². The van der Waals surface area contributed by atoms with Crippen LogP contribution in [0.1, 0.15) is 30.7 Å². The van der Waals surface area contributed by atoms with Crippen molar-refractivity contribution in [1.82, 2.24) is 19.6 Å². The molecular weight excluding hydrogens is 306 g/mol. The standard InChI is InChI=1S/C15H20F2N4O2/c1-9-5-12(14(16)17)18-21(9)8-13(22)20-6-10-3-4-11(7-20)19(2)15(10)23/h5,10-11,14H,3-4,6-8H2,1-2H3/t10-,11+/m0/s1. The molecule has 0 radical (unpaired) electrons. The quantitative estimate of drug-likeness (QED) is 0.839. The van der Waals surface area contributed by atoms with E-state index < -0.39 is 6.43 Å². The summed E-state index contributed by atoms with van der Waals surface area (Å²) in [6.45, 7) is 2.48. The van der Waals surface area contributed by atoms with Gasteiger partial charge in [0.05, 0.1) is 5.92 Å². The summed E-state index contributed by atoms with van der Waals surface area (Å²) >= 11 is 0. The molecule has 3 saturated heterocycles. The van der Waals surface area contributed by atoms with Crippen molar-refractivity contribution < 1.29 is 18.4 Å². The first-order chi connectivity index (χ1) is 10.9. The molecule has 6 nitrogen and oxygen atoms in total. The summed E-state index contributed by atoms with van der Waals surface area (Å²) in [6.07, 6.45) is -0.952. The lowest BCUT2D eigenvalue weighted by molar-refractivity contribution is -0.138. The largest absolute Gasteiger partial charge is 0.341 e. The van der Waals surface area contributed by atoms with E-state index in [2.05, 4.69) is 5.10 Å². The number of hydrogen-bond donors (Lipinski definition) is 0. The highest BCUT2D eigenvalue weighted by Gasteiger charge is 2.40. The van der Waals surface area contributed by atoms with Crippen LogP contribution in [0.3, 0.4) is 0 Å². The van der Waals surface area contributed by atoms with Gasteiger partial charge in [-0.1, -0.05) is 0 Å². The summed E-state index contributed by atoms with van der Waals surface area (Å²) in [5.74, 6) is -0.248. The number of carbonyl (C=O) groups is 2. The highest BCUT2D eigenvalue weighted by atomic mass is 19.3. The number of likely N-dealkylation sites (N-methyl/N-ethyl adjacent to an activating group) is 1. The molecule has 23 heavy (non-hydrogen) atoms. The molecule has 2 atom stereocenters. The topological polar surface area (TPSA) is 58.4 Å². The SMILES string of the molecule is Cc1cc(C(F)F)nn1CC(=O)N1C[C@@H]2CC[C@H](C1)N(C)C2=O. The van der Waals surface area contributed by atoms with E-state index in [0.717, 1.165) is 12.8 Å². The summed E-state index contributed by atoms with van der Waals surface area (Å²) < 4.78 is 26.7. The van der Waals surface area contributed by atoms with Crippen molar-refractivity contribution in [3.63, 3.8) is 0 Å². The van der Waals surface area contributed by atoms with Gasteiger partial charge in [-0.2, -0.15) is 5.10 Å². The van der Waals surface area contributed by atoms with Crippen LogP contribution in [0.15, 0.2) is 6.07 Å². The van der Waals surface area contributed by atoms with Crippen LogP contribution in [0.4, 0.5) is 8.78 Å². The van der Waals surface area contributed by atoms with Crippen molar-refractivity contribution in [2.45, 2.75) is 38.8 Å². The second-order valence-electron chi connectivity index (χ2n) is 6.34. The number of rotatable bonds is 3. The molecule has 0 aliphatic carbocycles. The zero-order valence-corrected chi connectivity index (χ0v) is 13.2. The first kappa shape index (κ1) is 15.9. The average molecular weight is 326 g/mol. The molecule has 1 aromatic rings. The number of fused-ring (bicyclic) bond motifs is 4. The minimum absolute atomic E-state index is 0.0422. The van der Waals surface area contributed by atoms with E-state index >= 15 is 0 Å². The number of piperidine rings is 1. The first-order valence-electron chi connectivity index (χ1n) is 7.73. The predicted molar refractivity (Wildman–Crippen MR) is 77.8 cm³/mol. The predicted octanol–water partition coefficient (Wildman–Crippen LogP) is 1.21. The van der Waals surface area contributed by atoms with Gasteiger partial charge < -0.3 is 9.80 Å². The van der Waals surface area contributed by atoms with Gasteiger partial charge in [0, 0.05) is 31.9 Å². The summed E-state index contributed by atoms with van der Waals surface area (Å²) in [5, 5.41) is 3.79. The van der Waals surface area contributed by atoms with Gasteiger partial charge in [0.2, 0.25) is 11.8 Å². The highest BCUT2D eigenvalue weighted by Crippen LogP contribution is 2.28. The molecule has 2 bridgehead atoms. The van der Waals surface area contributed by atoms with Crippen LogP contribution >= 0.6 is 0 Å². The molecule has 126 valence electrons. The monoisotopic (exact) mass is 326 g/mol. The number of halogens is 2. The Kier molecular flexibility index (Phi) is 4.08. The van der Waals surface area contributed by atoms with Crippen molar-refractivity contribution >= 4 is 11.8 Å². The summed E-state index contributed by atoms with van der Waals surface area (Å²) in [5.41, 5.74) is 0.209. The number of amides is 2. The van der Waals surface area contributed by atoms with Crippen LogP contribution in [0.2, 0.25) is 0 Å². The Labute approximate surface area is 133 Å². The van der Waals surface area contributed by atoms with E-state index in [4.69, 9.17) is 0 Å². The summed E-state index contributed by atoms with van der Waals surface area (Å²) in [7, 11) is 1.78.